The van der Waals surface area contributed by atoms with Crippen LogP contribution in [0, 0.1) is 0 Å². The first-order valence-corrected chi connectivity index (χ1v) is 12.3. The Balaban J connectivity index is 0.00000181. The maximum Gasteiger partial charge on any atom is 1.00 e. The van der Waals surface area contributed by atoms with Gasteiger partial charge in [-0.1, -0.05) is 18.2 Å². The van der Waals surface area contributed by atoms with Gasteiger partial charge in [0.15, 0.2) is 0 Å². The largest absolute Gasteiger partial charge is 1.00 e. The van der Waals surface area contributed by atoms with Gasteiger partial charge in [-0.15, -0.1) is 0 Å². The van der Waals surface area contributed by atoms with Gasteiger partial charge >= 0.3 is 88.7 Å². The molecular formula is C17H12Na3O10S3+3. The van der Waals surface area contributed by atoms with Gasteiger partial charge in [-0.05, 0) is 12.1 Å². The quantitative estimate of drug-likeness (QED) is 0.128. The summed E-state index contributed by atoms with van der Waals surface area (Å²) in [7, 11) is -13.4. The first kappa shape index (κ1) is 31.5. The molecule has 0 amide bonds. The molecule has 0 atom stereocenters. The minimum Gasteiger partial charge on any atom is -0.496 e. The molecule has 4 aromatic rings. The van der Waals surface area contributed by atoms with Crippen LogP contribution in [0.25, 0.3) is 32.3 Å². The molecule has 16 heteroatoms. The zero-order chi connectivity index (χ0) is 22.2. The zero-order valence-electron chi connectivity index (χ0n) is 17.9. The predicted octanol–water partition coefficient (Wildman–Crippen LogP) is -6.66. The topological polar surface area (TPSA) is 172 Å². The first-order chi connectivity index (χ1) is 13.7. The Morgan fingerprint density at radius 3 is 1.21 bits per heavy atom. The molecule has 0 saturated carbocycles. The molecule has 0 aromatic heterocycles. The van der Waals surface area contributed by atoms with Crippen molar-refractivity contribution in [2.75, 3.05) is 7.11 Å². The summed E-state index contributed by atoms with van der Waals surface area (Å²) in [5.74, 6) is 0.00943. The second-order valence-electron chi connectivity index (χ2n) is 6.45. The summed E-state index contributed by atoms with van der Waals surface area (Å²) in [5, 5.41) is 0.0101. The summed E-state index contributed by atoms with van der Waals surface area (Å²) in [4.78, 5) is -2.14. The molecule has 0 saturated heterocycles. The van der Waals surface area contributed by atoms with Crippen molar-refractivity contribution in [3.63, 3.8) is 0 Å². The normalized spacial score (nSPS) is 12.2. The van der Waals surface area contributed by atoms with Crippen LogP contribution in [-0.2, 0) is 30.4 Å². The average molecular weight is 541 g/mol. The van der Waals surface area contributed by atoms with Crippen LogP contribution in [0.4, 0.5) is 0 Å². The number of rotatable bonds is 4. The molecule has 0 aliphatic rings. The van der Waals surface area contributed by atoms with Crippen LogP contribution in [0.1, 0.15) is 0 Å². The third-order valence-electron chi connectivity index (χ3n) is 4.80. The molecule has 0 radical (unpaired) electrons. The fraction of sp³-hybridized carbons (Fsp3) is 0.0588. The smallest absolute Gasteiger partial charge is 0.496 e. The van der Waals surface area contributed by atoms with Crippen LogP contribution in [0.15, 0.2) is 51.1 Å². The molecular weight excluding hydrogens is 529 g/mol. The molecule has 33 heavy (non-hydrogen) atoms. The summed E-state index contributed by atoms with van der Waals surface area (Å²) >= 11 is 0. The van der Waals surface area contributed by atoms with E-state index in [4.69, 9.17) is 4.74 Å². The minimum absolute atomic E-state index is 0. The van der Waals surface area contributed by atoms with Crippen LogP contribution in [0.3, 0.4) is 0 Å². The van der Waals surface area contributed by atoms with Gasteiger partial charge in [0, 0.05) is 38.4 Å². The van der Waals surface area contributed by atoms with Crippen LogP contribution in [0.2, 0.25) is 0 Å². The van der Waals surface area contributed by atoms with Gasteiger partial charge in [0.1, 0.15) is 20.4 Å². The molecule has 0 aliphatic heterocycles. The monoisotopic (exact) mass is 541 g/mol. The fourth-order valence-corrected chi connectivity index (χ4v) is 5.88. The molecule has 4 aromatic carbocycles. The number of hydrogen-bond acceptors (Lipinski definition) is 7. The molecule has 158 valence electrons. The molecule has 10 nitrogen and oxygen atoms in total. The van der Waals surface area contributed by atoms with Crippen LogP contribution < -0.4 is 93.4 Å². The van der Waals surface area contributed by atoms with Crippen LogP contribution in [-0.4, -0.2) is 46.0 Å². The van der Waals surface area contributed by atoms with E-state index in [-0.39, 0.29) is 127 Å². The predicted molar refractivity (Wildman–Crippen MR) is 106 cm³/mol. The molecule has 0 unspecified atom stereocenters. The SMILES string of the molecule is COc1cc(S(=O)(=O)O)c2ccc3c(S(=O)(=O)O)cc(S(=O)(=O)O)c4ccc1c2c43.[Na+].[Na+].[Na+]. The van der Waals surface area contributed by atoms with Gasteiger partial charge in [0.25, 0.3) is 30.4 Å². The van der Waals surface area contributed by atoms with Gasteiger partial charge in [-0.25, -0.2) is 0 Å². The fourth-order valence-electron chi connectivity index (χ4n) is 3.68. The summed E-state index contributed by atoms with van der Waals surface area (Å²) in [5.41, 5.74) is 0. The van der Waals surface area contributed by atoms with Crippen molar-refractivity contribution < 1.29 is 132 Å². The van der Waals surface area contributed by atoms with Crippen molar-refractivity contribution in [2.45, 2.75) is 14.7 Å². The van der Waals surface area contributed by atoms with Crippen LogP contribution in [0.5, 0.6) is 5.75 Å². The van der Waals surface area contributed by atoms with Crippen molar-refractivity contribution in [1.82, 2.24) is 0 Å². The number of hydrogen-bond donors (Lipinski definition) is 3. The van der Waals surface area contributed by atoms with Gasteiger partial charge in [-0.2, -0.15) is 25.3 Å². The Hall–Kier alpha value is 0.450. The van der Waals surface area contributed by atoms with E-state index in [0.29, 0.717) is 6.07 Å². The average Bonchev–Trinajstić information content (AvgIpc) is 2.62. The van der Waals surface area contributed by atoms with E-state index < -0.39 is 45.0 Å². The van der Waals surface area contributed by atoms with E-state index in [9.17, 15) is 38.9 Å². The minimum atomic E-state index is -4.94. The Morgan fingerprint density at radius 2 is 0.879 bits per heavy atom. The molecule has 3 N–H and O–H groups in total. The Labute approximate surface area is 255 Å². The maximum absolute atomic E-state index is 11.9. The molecule has 0 heterocycles. The van der Waals surface area contributed by atoms with Crippen molar-refractivity contribution in [1.29, 1.82) is 0 Å². The van der Waals surface area contributed by atoms with E-state index in [1.165, 1.54) is 31.4 Å². The van der Waals surface area contributed by atoms with Gasteiger partial charge in [0.2, 0.25) is 0 Å². The number of ether oxygens (including phenoxy) is 1. The molecule has 0 bridgehead atoms. The van der Waals surface area contributed by atoms with E-state index in [2.05, 4.69) is 0 Å². The molecule has 0 fully saturated rings. The van der Waals surface area contributed by atoms with E-state index >= 15 is 0 Å². The summed E-state index contributed by atoms with van der Waals surface area (Å²) < 4.78 is 106. The Bertz CT molecular complexity index is 1650. The molecule has 0 aliphatic carbocycles. The standard InChI is InChI=1S/C17H12O10S3.3Na/c1-27-12-6-13(28(18,19)20)9-4-5-11-15(30(24,25)26)7-14(29(21,22)23)10-3-2-8(12)16(9)17(10)11;;;/h2-7H,1H3,(H,18,19,20)(H,21,22,23)(H,24,25,26);;;/q;3*+1. The van der Waals surface area contributed by atoms with Crippen molar-refractivity contribution >= 4 is 62.7 Å². The van der Waals surface area contributed by atoms with Gasteiger partial charge < -0.3 is 4.74 Å². The summed E-state index contributed by atoms with van der Waals surface area (Å²) in [6, 6.07) is 6.77. The maximum atomic E-state index is 11.9. The van der Waals surface area contributed by atoms with Crippen molar-refractivity contribution in [3.05, 3.63) is 36.4 Å². The number of benzene rings is 4. The zero-order valence-corrected chi connectivity index (χ0v) is 26.3. The van der Waals surface area contributed by atoms with Crippen LogP contribution >= 0.6 is 0 Å². The van der Waals surface area contributed by atoms with E-state index in [1.807, 2.05) is 0 Å². The second kappa shape index (κ2) is 10.4. The van der Waals surface area contributed by atoms with Crippen molar-refractivity contribution in [2.24, 2.45) is 0 Å². The molecule has 0 spiro atoms. The van der Waals surface area contributed by atoms with E-state index in [1.54, 1.807) is 0 Å². The third kappa shape index (κ3) is 5.43. The first-order valence-electron chi connectivity index (χ1n) is 8.00. The number of methoxy groups -OCH3 is 1. The molecule has 4 rings (SSSR count). The summed E-state index contributed by atoms with van der Waals surface area (Å²) in [6.07, 6.45) is 0. The summed E-state index contributed by atoms with van der Waals surface area (Å²) in [6.45, 7) is 0. The van der Waals surface area contributed by atoms with Gasteiger partial charge in [-0.3, -0.25) is 13.7 Å². The van der Waals surface area contributed by atoms with E-state index in [0.717, 1.165) is 6.07 Å². The van der Waals surface area contributed by atoms with Crippen molar-refractivity contribution in [3.8, 4) is 5.75 Å². The van der Waals surface area contributed by atoms with Gasteiger partial charge in [0.05, 0.1) is 7.11 Å². The third-order valence-corrected chi connectivity index (χ3v) is 7.48. The second-order valence-corrected chi connectivity index (χ2v) is 10.6. The Kier molecular flexibility index (Phi) is 9.96. The Morgan fingerprint density at radius 1 is 0.576 bits per heavy atom.